The first-order valence-electron chi connectivity index (χ1n) is 11.4. The third kappa shape index (κ3) is 4.22. The summed E-state index contributed by atoms with van der Waals surface area (Å²) in [6.45, 7) is 3.58. The number of hydrogen-bond acceptors (Lipinski definition) is 6. The van der Waals surface area contributed by atoms with Gasteiger partial charge in [-0.1, -0.05) is 28.1 Å². The van der Waals surface area contributed by atoms with E-state index in [-0.39, 0.29) is 11.2 Å². The van der Waals surface area contributed by atoms with Crippen LogP contribution in [0.4, 0.5) is 11.6 Å². The zero-order valence-corrected chi connectivity index (χ0v) is 21.5. The van der Waals surface area contributed by atoms with Crippen LogP contribution in [-0.2, 0) is 20.6 Å². The SMILES string of the molecule is COc1ccc(N2CCN(c3nc4c(c(=O)n(C)c(=O)n4C)n3Cc3ccc(Br)cc3)CC2)cc1. The van der Waals surface area contributed by atoms with Crippen molar-refractivity contribution in [3.8, 4) is 5.75 Å². The third-order valence-electron chi connectivity index (χ3n) is 6.58. The molecule has 1 aliphatic rings. The van der Waals surface area contributed by atoms with Crippen LogP contribution in [-0.4, -0.2) is 52.0 Å². The number of anilines is 2. The van der Waals surface area contributed by atoms with E-state index in [1.165, 1.54) is 11.6 Å². The second-order valence-corrected chi connectivity index (χ2v) is 9.59. The Morgan fingerprint density at radius 2 is 1.51 bits per heavy atom. The molecule has 0 spiro atoms. The molecule has 3 heterocycles. The molecule has 0 atom stereocenters. The Labute approximate surface area is 210 Å². The molecule has 182 valence electrons. The van der Waals surface area contributed by atoms with Crippen molar-refractivity contribution in [2.24, 2.45) is 14.1 Å². The van der Waals surface area contributed by atoms with Gasteiger partial charge in [-0.3, -0.25) is 18.5 Å². The molecule has 0 amide bonds. The normalized spacial score (nSPS) is 14.1. The highest BCUT2D eigenvalue weighted by atomic mass is 79.9. The van der Waals surface area contributed by atoms with Gasteiger partial charge in [0.15, 0.2) is 11.2 Å². The number of imidazole rings is 1. The van der Waals surface area contributed by atoms with Gasteiger partial charge in [-0.25, -0.2) is 4.79 Å². The number of methoxy groups -OCH3 is 1. The molecule has 2 aromatic heterocycles. The summed E-state index contributed by atoms with van der Waals surface area (Å²) < 4.78 is 10.8. The molecule has 0 aliphatic carbocycles. The van der Waals surface area contributed by atoms with E-state index in [9.17, 15) is 9.59 Å². The molecular formula is C25H27BrN6O3. The predicted octanol–water partition coefficient (Wildman–Crippen LogP) is 2.58. The maximum atomic E-state index is 13.2. The molecule has 0 saturated carbocycles. The molecule has 9 nitrogen and oxygen atoms in total. The van der Waals surface area contributed by atoms with Gasteiger partial charge in [-0.2, -0.15) is 4.98 Å². The molecule has 1 aliphatic heterocycles. The fraction of sp³-hybridized carbons (Fsp3) is 0.320. The van der Waals surface area contributed by atoms with Gasteiger partial charge in [0, 0.05) is 50.4 Å². The highest BCUT2D eigenvalue weighted by Crippen LogP contribution is 2.25. The number of piperazine rings is 1. The van der Waals surface area contributed by atoms with Crippen LogP contribution in [0.25, 0.3) is 11.2 Å². The fourth-order valence-electron chi connectivity index (χ4n) is 4.56. The van der Waals surface area contributed by atoms with E-state index in [0.717, 1.165) is 52.2 Å². The quantitative estimate of drug-likeness (QED) is 0.388. The summed E-state index contributed by atoms with van der Waals surface area (Å²) in [5.74, 6) is 1.54. The minimum absolute atomic E-state index is 0.337. The lowest BCUT2D eigenvalue weighted by atomic mass is 10.2. The number of benzene rings is 2. The Morgan fingerprint density at radius 3 is 2.14 bits per heavy atom. The van der Waals surface area contributed by atoms with E-state index in [4.69, 9.17) is 9.72 Å². The van der Waals surface area contributed by atoms with E-state index in [1.54, 1.807) is 14.2 Å². The van der Waals surface area contributed by atoms with E-state index < -0.39 is 0 Å². The molecule has 0 unspecified atom stereocenters. The van der Waals surface area contributed by atoms with Gasteiger partial charge in [0.2, 0.25) is 5.95 Å². The van der Waals surface area contributed by atoms with Crippen molar-refractivity contribution in [2.75, 3.05) is 43.1 Å². The summed E-state index contributed by atoms with van der Waals surface area (Å²) in [6, 6.07) is 16.1. The van der Waals surface area contributed by atoms with Crippen molar-refractivity contribution in [3.05, 3.63) is 79.4 Å². The standard InChI is InChI=1S/C25H27BrN6O3/c1-28-22-21(23(33)29(2)25(28)34)32(16-17-4-6-18(26)7-5-17)24(27-22)31-14-12-30(13-15-31)19-8-10-20(35-3)11-9-19/h4-11H,12-16H2,1-3H3. The molecular weight excluding hydrogens is 512 g/mol. The molecule has 0 bridgehead atoms. The number of nitrogens with zero attached hydrogens (tertiary/aromatic N) is 6. The lowest BCUT2D eigenvalue weighted by Crippen LogP contribution is -2.47. The van der Waals surface area contributed by atoms with Crippen molar-refractivity contribution in [1.29, 1.82) is 0 Å². The first-order chi connectivity index (χ1) is 16.9. The topological polar surface area (TPSA) is 77.5 Å². The number of rotatable bonds is 5. The molecule has 0 radical (unpaired) electrons. The van der Waals surface area contributed by atoms with Crippen LogP contribution >= 0.6 is 15.9 Å². The van der Waals surface area contributed by atoms with Crippen LogP contribution in [0.3, 0.4) is 0 Å². The predicted molar refractivity (Wildman–Crippen MR) is 141 cm³/mol. The maximum absolute atomic E-state index is 13.2. The zero-order valence-electron chi connectivity index (χ0n) is 19.9. The van der Waals surface area contributed by atoms with Crippen LogP contribution in [0.5, 0.6) is 5.75 Å². The molecule has 1 fully saturated rings. The van der Waals surface area contributed by atoms with Crippen LogP contribution in [0.1, 0.15) is 5.56 Å². The van der Waals surface area contributed by atoms with Crippen LogP contribution in [0.2, 0.25) is 0 Å². The maximum Gasteiger partial charge on any atom is 0.332 e. The lowest BCUT2D eigenvalue weighted by Gasteiger charge is -2.36. The second-order valence-electron chi connectivity index (χ2n) is 8.67. The minimum Gasteiger partial charge on any atom is -0.497 e. The first-order valence-corrected chi connectivity index (χ1v) is 12.2. The van der Waals surface area contributed by atoms with Crippen LogP contribution < -0.4 is 25.8 Å². The van der Waals surface area contributed by atoms with Gasteiger partial charge < -0.3 is 14.5 Å². The number of fused-ring (bicyclic) bond motifs is 1. The van der Waals surface area contributed by atoms with E-state index in [2.05, 4.69) is 37.9 Å². The molecule has 0 N–H and O–H groups in total. The van der Waals surface area contributed by atoms with E-state index in [1.807, 2.05) is 41.0 Å². The number of ether oxygens (including phenoxy) is 1. The van der Waals surface area contributed by atoms with Crippen LogP contribution in [0.15, 0.2) is 62.6 Å². The summed E-state index contributed by atoms with van der Waals surface area (Å²) in [6.07, 6.45) is 0. The summed E-state index contributed by atoms with van der Waals surface area (Å²) >= 11 is 3.48. The van der Waals surface area contributed by atoms with Gasteiger partial charge in [0.25, 0.3) is 5.56 Å². The molecule has 4 aromatic rings. The van der Waals surface area contributed by atoms with Crippen molar-refractivity contribution >= 4 is 38.7 Å². The van der Waals surface area contributed by atoms with Crippen molar-refractivity contribution < 1.29 is 4.74 Å². The Kier molecular flexibility index (Phi) is 6.14. The zero-order chi connectivity index (χ0) is 24.7. The highest BCUT2D eigenvalue weighted by molar-refractivity contribution is 9.10. The Bertz CT molecular complexity index is 1480. The largest absolute Gasteiger partial charge is 0.497 e. The van der Waals surface area contributed by atoms with Gasteiger partial charge in [0.05, 0.1) is 13.7 Å². The Hall–Kier alpha value is -3.53. The number of aryl methyl sites for hydroxylation is 1. The summed E-state index contributed by atoms with van der Waals surface area (Å²) in [5.41, 5.74) is 2.31. The van der Waals surface area contributed by atoms with Gasteiger partial charge in [0.1, 0.15) is 5.75 Å². The molecule has 1 saturated heterocycles. The van der Waals surface area contributed by atoms with Crippen molar-refractivity contribution in [1.82, 2.24) is 18.7 Å². The number of hydrogen-bond donors (Lipinski definition) is 0. The first kappa shape index (κ1) is 23.2. The van der Waals surface area contributed by atoms with Crippen molar-refractivity contribution in [3.63, 3.8) is 0 Å². The molecule has 2 aromatic carbocycles. The smallest absolute Gasteiger partial charge is 0.332 e. The second kappa shape index (κ2) is 9.26. The molecule has 5 rings (SSSR count). The summed E-state index contributed by atoms with van der Waals surface area (Å²) in [4.78, 5) is 35.1. The fourth-order valence-corrected chi connectivity index (χ4v) is 4.82. The average molecular weight is 539 g/mol. The van der Waals surface area contributed by atoms with E-state index >= 15 is 0 Å². The van der Waals surface area contributed by atoms with E-state index in [0.29, 0.717) is 23.7 Å². The highest BCUT2D eigenvalue weighted by Gasteiger charge is 2.26. The lowest BCUT2D eigenvalue weighted by molar-refractivity contribution is 0.415. The monoisotopic (exact) mass is 538 g/mol. The van der Waals surface area contributed by atoms with Crippen LogP contribution in [0, 0.1) is 0 Å². The molecule has 10 heteroatoms. The summed E-state index contributed by atoms with van der Waals surface area (Å²) in [7, 11) is 4.83. The Morgan fingerprint density at radius 1 is 0.886 bits per heavy atom. The van der Waals surface area contributed by atoms with Crippen molar-refractivity contribution in [2.45, 2.75) is 6.54 Å². The summed E-state index contributed by atoms with van der Waals surface area (Å²) in [5, 5.41) is 0. The average Bonchev–Trinajstić information content (AvgIpc) is 3.27. The Balaban J connectivity index is 1.52. The third-order valence-corrected chi connectivity index (χ3v) is 7.11. The molecule has 35 heavy (non-hydrogen) atoms. The van der Waals surface area contributed by atoms with Gasteiger partial charge >= 0.3 is 5.69 Å². The van der Waals surface area contributed by atoms with Gasteiger partial charge in [-0.15, -0.1) is 0 Å². The number of aromatic nitrogens is 4. The van der Waals surface area contributed by atoms with Gasteiger partial charge in [-0.05, 0) is 42.0 Å². The number of halogens is 1. The minimum atomic E-state index is -0.383.